The molecule has 0 rings (SSSR count). The first-order chi connectivity index (χ1) is 12.7. The first kappa shape index (κ1) is 42.7. The molecule has 16 nitrogen and oxygen atoms in total. The van der Waals surface area contributed by atoms with E-state index in [1.54, 1.807) is 0 Å². The van der Waals surface area contributed by atoms with Gasteiger partial charge in [0.15, 0.2) is 24.4 Å². The molecule has 0 fully saturated rings. The molecule has 4 unspecified atom stereocenters. The Hall–Kier alpha value is -1.40. The van der Waals surface area contributed by atoms with Crippen LogP contribution >= 0.6 is 0 Å². The average molecular weight is 543 g/mol. The quantitative estimate of drug-likeness (QED) is 0.127. The Bertz CT molecular complexity index is 370. The Balaban J connectivity index is -0.0000000626. The van der Waals surface area contributed by atoms with Crippen LogP contribution in [0.5, 0.6) is 0 Å². The molecule has 0 amide bonds. The minimum Gasteiger partial charge on any atom is -0.479 e. The third-order valence-corrected chi connectivity index (χ3v) is 1.83. The van der Waals surface area contributed by atoms with Gasteiger partial charge in [0.05, 0.1) is 26.4 Å². The van der Waals surface area contributed by atoms with Gasteiger partial charge in [-0.05, 0) is 0 Å². The number of carboxylic acids is 4. The van der Waals surface area contributed by atoms with Crippen LogP contribution in [0, 0.1) is 0 Å². The molecule has 0 aliphatic rings. The van der Waals surface area contributed by atoms with Gasteiger partial charge in [0.25, 0.3) is 0 Å². The average Bonchev–Trinajstić information content (AvgIpc) is 2.66. The van der Waals surface area contributed by atoms with Gasteiger partial charge >= 0.3 is 23.9 Å². The summed E-state index contributed by atoms with van der Waals surface area (Å²) >= 11 is 0. The van der Waals surface area contributed by atoms with E-state index < -0.39 is 74.7 Å². The maximum absolute atomic E-state index is 9.52. The fraction of sp³-hybridized carbons (Fsp3) is 0.667. The summed E-state index contributed by atoms with van der Waals surface area (Å²) in [6.45, 7) is -2.91. The Labute approximate surface area is 189 Å². The maximum Gasteiger partial charge on any atom is 0.334 e. The first-order valence-electron chi connectivity index (χ1n) is 6.80. The Kier molecular flexibility index (Phi) is 39.2. The van der Waals surface area contributed by atoms with Gasteiger partial charge in [-0.2, -0.15) is 0 Å². The largest absolute Gasteiger partial charge is 0.479 e. The van der Waals surface area contributed by atoms with Gasteiger partial charge in [0.1, 0.15) is 0 Å². The third kappa shape index (κ3) is 34.1. The molecule has 0 saturated heterocycles. The van der Waals surface area contributed by atoms with Crippen LogP contribution in [0.3, 0.4) is 0 Å². The predicted molar refractivity (Wildman–Crippen MR) is 82.9 cm³/mol. The molecule has 186 valence electrons. The second-order valence-electron chi connectivity index (χ2n) is 4.15. The molecule has 2 radical (unpaired) electrons. The number of carboxylic acid groups (broad SMARTS) is 4. The predicted octanol–water partition coefficient (Wildman–Crippen LogP) is -6.31. The van der Waals surface area contributed by atoms with Gasteiger partial charge in [-0.15, -0.1) is 0 Å². The van der Waals surface area contributed by atoms with Crippen molar-refractivity contribution in [2.24, 2.45) is 0 Å². The van der Waals surface area contributed by atoms with E-state index in [4.69, 9.17) is 61.3 Å². The van der Waals surface area contributed by atoms with Crippen LogP contribution in [0.1, 0.15) is 0 Å². The molecule has 0 spiro atoms. The number of hydrogen-bond acceptors (Lipinski definition) is 12. The molecule has 0 aliphatic carbocycles. The van der Waals surface area contributed by atoms with Crippen LogP contribution < -0.4 is 0 Å². The molecule has 18 heteroatoms. The molecule has 0 bridgehead atoms. The number of aliphatic hydroxyl groups is 8. The van der Waals surface area contributed by atoms with Gasteiger partial charge < -0.3 is 61.3 Å². The number of aliphatic hydroxyl groups excluding tert-OH is 8. The summed E-state index contributed by atoms with van der Waals surface area (Å²) in [7, 11) is 0. The molecule has 30 heavy (non-hydrogen) atoms. The van der Waals surface area contributed by atoms with Crippen molar-refractivity contribution in [3.05, 3.63) is 0 Å². The number of hydrogen-bond donors (Lipinski definition) is 12. The molecule has 0 heterocycles. The monoisotopic (exact) mass is 542 g/mol. The fourth-order valence-electron chi connectivity index (χ4n) is 0.312. The van der Waals surface area contributed by atoms with Crippen LogP contribution in [0.4, 0.5) is 0 Å². The van der Waals surface area contributed by atoms with Crippen molar-refractivity contribution in [2.45, 2.75) is 24.4 Å². The molecule has 0 aromatic rings. The van der Waals surface area contributed by atoms with E-state index in [1.807, 2.05) is 0 Å². The van der Waals surface area contributed by atoms with Gasteiger partial charge in [0.2, 0.25) is 0 Å². The van der Waals surface area contributed by atoms with Crippen molar-refractivity contribution in [1.82, 2.24) is 0 Å². The van der Waals surface area contributed by atoms with E-state index in [1.165, 1.54) is 0 Å². The minimum atomic E-state index is -1.63. The Morgan fingerprint density at radius 1 is 0.467 bits per heavy atom. The van der Waals surface area contributed by atoms with Crippen molar-refractivity contribution in [3.63, 3.8) is 0 Å². The first-order valence-corrected chi connectivity index (χ1v) is 6.80. The third-order valence-electron chi connectivity index (χ3n) is 1.83. The van der Waals surface area contributed by atoms with Crippen molar-refractivity contribution in [1.29, 1.82) is 0 Å². The Morgan fingerprint density at radius 3 is 0.567 bits per heavy atom. The van der Waals surface area contributed by atoms with Crippen molar-refractivity contribution in [2.75, 3.05) is 26.4 Å². The maximum atomic E-state index is 9.52. The van der Waals surface area contributed by atoms with E-state index in [0.29, 0.717) is 0 Å². The van der Waals surface area contributed by atoms with Crippen molar-refractivity contribution in [3.8, 4) is 0 Å². The summed E-state index contributed by atoms with van der Waals surface area (Å²) < 4.78 is 0. The minimum absolute atomic E-state index is 0. The number of rotatable bonds is 8. The van der Waals surface area contributed by atoms with E-state index in [9.17, 15) is 19.2 Å². The summed E-state index contributed by atoms with van der Waals surface area (Å²) in [5.41, 5.74) is 0. The van der Waals surface area contributed by atoms with Gasteiger partial charge in [-0.1, -0.05) is 0 Å². The fourth-order valence-corrected chi connectivity index (χ4v) is 0.312. The summed E-state index contributed by atoms with van der Waals surface area (Å²) in [4.78, 5) is 38.1. The van der Waals surface area contributed by atoms with Gasteiger partial charge in [0, 0.05) is 34.1 Å². The van der Waals surface area contributed by atoms with Gasteiger partial charge in [-0.25, -0.2) is 19.2 Å². The summed E-state index contributed by atoms with van der Waals surface area (Å²) in [5.74, 6) is -5.60. The van der Waals surface area contributed by atoms with E-state index in [-0.39, 0.29) is 34.1 Å². The van der Waals surface area contributed by atoms with E-state index in [0.717, 1.165) is 0 Å². The van der Waals surface area contributed by atoms with Crippen LogP contribution in [-0.4, -0.2) is 136 Å². The van der Waals surface area contributed by atoms with Crippen LogP contribution in [0.2, 0.25) is 0 Å². The molecular weight excluding hydrogens is 519 g/mol. The van der Waals surface area contributed by atoms with Crippen molar-refractivity contribution >= 4 is 23.9 Å². The zero-order valence-corrected chi connectivity index (χ0v) is 16.9. The van der Waals surface area contributed by atoms with Crippen LogP contribution in [0.25, 0.3) is 0 Å². The van der Waals surface area contributed by atoms with Crippen molar-refractivity contribution < 1.29 is 115 Å². The normalized spacial score (nSPS) is 12.5. The standard InChI is InChI=1S/4C3H6O4.Cu.Mn/c4*4-1-2(5)3(6)7;;/h4*2,4-5H,1H2,(H,6,7);;. The number of carbonyl (C=O) groups is 4. The van der Waals surface area contributed by atoms with E-state index >= 15 is 0 Å². The topological polar surface area (TPSA) is 311 Å². The van der Waals surface area contributed by atoms with E-state index in [2.05, 4.69) is 0 Å². The smallest absolute Gasteiger partial charge is 0.334 e. The molecule has 12 N–H and O–H groups in total. The molecule has 0 aromatic heterocycles. The number of aliphatic carboxylic acids is 4. The molecule has 4 atom stereocenters. The summed E-state index contributed by atoms with van der Waals surface area (Å²) in [6, 6.07) is 0. The summed E-state index contributed by atoms with van der Waals surface area (Å²) in [5, 5.41) is 94.9. The molecule has 0 aliphatic heterocycles. The zero-order chi connectivity index (χ0) is 23.4. The second-order valence-corrected chi connectivity index (χ2v) is 4.15. The Morgan fingerprint density at radius 2 is 0.567 bits per heavy atom. The molecular formula is C12H24CuMnO16. The zero-order valence-electron chi connectivity index (χ0n) is 14.8. The van der Waals surface area contributed by atoms with Gasteiger partial charge in [-0.3, -0.25) is 0 Å². The summed E-state index contributed by atoms with van der Waals surface area (Å²) in [6.07, 6.45) is -6.50. The second kappa shape index (κ2) is 27.6. The molecule has 0 aromatic carbocycles. The SMILES string of the molecule is O=C(O)C(O)CO.O=C(O)C(O)CO.O=C(O)C(O)CO.O=C(O)C(O)CO.[Cu].[Mn]. The molecule has 0 saturated carbocycles. The van der Waals surface area contributed by atoms with Crippen LogP contribution in [-0.2, 0) is 53.3 Å². The van der Waals surface area contributed by atoms with Crippen LogP contribution in [0.15, 0.2) is 0 Å².